The normalized spacial score (nSPS) is 11.9. The Labute approximate surface area is 124 Å². The Morgan fingerprint density at radius 1 is 1.29 bits per heavy atom. The largest absolute Gasteiger partial charge is 0.467 e. The molecule has 0 aromatic heterocycles. The minimum absolute atomic E-state index is 0.269. The quantitative estimate of drug-likeness (QED) is 0.644. The molecule has 0 heterocycles. The number of carbonyl (C=O) groups is 2. The summed E-state index contributed by atoms with van der Waals surface area (Å²) in [7, 11) is 1.15. The first kappa shape index (κ1) is 17.4. The standard InChI is InChI=1S/C13H14F3NO3S/c1-20-13(19)9(5-6-21-2)17-12(18)7-3-4-8(14)11(16)10(7)15/h3-4,9H,5-6H2,1-2H3,(H,17,18)/t9-/m0/s1. The summed E-state index contributed by atoms with van der Waals surface area (Å²) in [6, 6.07) is 0.469. The molecular weight excluding hydrogens is 307 g/mol. The van der Waals surface area contributed by atoms with E-state index in [1.807, 2.05) is 6.26 Å². The second-order valence-electron chi connectivity index (χ2n) is 4.05. The predicted octanol–water partition coefficient (Wildman–Crippen LogP) is 2.13. The molecule has 1 atom stereocenters. The van der Waals surface area contributed by atoms with Crippen LogP contribution in [0, 0.1) is 17.5 Å². The minimum Gasteiger partial charge on any atom is -0.467 e. The third-order valence-electron chi connectivity index (χ3n) is 2.68. The van der Waals surface area contributed by atoms with Crippen molar-refractivity contribution in [3.63, 3.8) is 0 Å². The van der Waals surface area contributed by atoms with Gasteiger partial charge in [0.2, 0.25) is 0 Å². The van der Waals surface area contributed by atoms with E-state index in [4.69, 9.17) is 0 Å². The van der Waals surface area contributed by atoms with Crippen molar-refractivity contribution in [3.8, 4) is 0 Å². The lowest BCUT2D eigenvalue weighted by Gasteiger charge is -2.16. The molecule has 1 N–H and O–H groups in total. The highest BCUT2D eigenvalue weighted by Gasteiger charge is 2.25. The zero-order valence-electron chi connectivity index (χ0n) is 11.4. The van der Waals surface area contributed by atoms with Gasteiger partial charge in [-0.05, 0) is 30.6 Å². The van der Waals surface area contributed by atoms with Crippen molar-refractivity contribution in [2.75, 3.05) is 19.1 Å². The molecule has 116 valence electrons. The highest BCUT2D eigenvalue weighted by molar-refractivity contribution is 7.98. The maximum absolute atomic E-state index is 13.5. The average Bonchev–Trinajstić information content (AvgIpc) is 2.48. The van der Waals surface area contributed by atoms with Gasteiger partial charge in [-0.1, -0.05) is 0 Å². The summed E-state index contributed by atoms with van der Waals surface area (Å²) in [6.45, 7) is 0. The molecule has 0 fully saturated rings. The van der Waals surface area contributed by atoms with Crippen LogP contribution in [0.4, 0.5) is 13.2 Å². The van der Waals surface area contributed by atoms with E-state index in [0.29, 0.717) is 11.8 Å². The van der Waals surface area contributed by atoms with E-state index in [9.17, 15) is 22.8 Å². The molecule has 0 aliphatic heterocycles. The van der Waals surface area contributed by atoms with Crippen molar-refractivity contribution in [1.82, 2.24) is 5.32 Å². The van der Waals surface area contributed by atoms with Crippen molar-refractivity contribution in [2.24, 2.45) is 0 Å². The Morgan fingerprint density at radius 2 is 1.95 bits per heavy atom. The van der Waals surface area contributed by atoms with Crippen LogP contribution in [0.15, 0.2) is 12.1 Å². The Balaban J connectivity index is 2.91. The topological polar surface area (TPSA) is 55.4 Å². The number of halogens is 3. The number of ether oxygens (including phenoxy) is 1. The van der Waals surface area contributed by atoms with Crippen molar-refractivity contribution in [1.29, 1.82) is 0 Å². The molecule has 0 spiro atoms. The van der Waals surface area contributed by atoms with Crippen LogP contribution in [0.25, 0.3) is 0 Å². The molecule has 0 saturated heterocycles. The Bertz CT molecular complexity index is 540. The summed E-state index contributed by atoms with van der Waals surface area (Å²) in [5.41, 5.74) is -0.674. The number of amides is 1. The summed E-state index contributed by atoms with van der Waals surface area (Å²) >= 11 is 1.45. The molecule has 1 aromatic rings. The number of rotatable bonds is 6. The zero-order chi connectivity index (χ0) is 16.0. The van der Waals surface area contributed by atoms with Crippen LogP contribution in [0.5, 0.6) is 0 Å². The number of benzene rings is 1. The molecular formula is C13H14F3NO3S. The second kappa shape index (κ2) is 7.92. The predicted molar refractivity (Wildman–Crippen MR) is 72.6 cm³/mol. The second-order valence-corrected chi connectivity index (χ2v) is 5.04. The van der Waals surface area contributed by atoms with Crippen molar-refractivity contribution in [3.05, 3.63) is 35.1 Å². The molecule has 4 nitrogen and oxygen atoms in total. The monoisotopic (exact) mass is 321 g/mol. The summed E-state index contributed by atoms with van der Waals surface area (Å²) in [4.78, 5) is 23.4. The highest BCUT2D eigenvalue weighted by Crippen LogP contribution is 2.15. The van der Waals surface area contributed by atoms with Crippen LogP contribution in [-0.2, 0) is 9.53 Å². The number of nitrogens with one attached hydrogen (secondary N) is 1. The maximum Gasteiger partial charge on any atom is 0.328 e. The third kappa shape index (κ3) is 4.38. The van der Waals surface area contributed by atoms with Gasteiger partial charge in [-0.2, -0.15) is 11.8 Å². The van der Waals surface area contributed by atoms with E-state index in [2.05, 4.69) is 10.1 Å². The highest BCUT2D eigenvalue weighted by atomic mass is 32.2. The van der Waals surface area contributed by atoms with E-state index in [1.165, 1.54) is 11.8 Å². The van der Waals surface area contributed by atoms with Crippen LogP contribution in [0.1, 0.15) is 16.8 Å². The van der Waals surface area contributed by atoms with Gasteiger partial charge in [0.15, 0.2) is 17.5 Å². The lowest BCUT2D eigenvalue weighted by atomic mass is 10.1. The fraction of sp³-hybridized carbons (Fsp3) is 0.385. The summed E-state index contributed by atoms with van der Waals surface area (Å²) in [5.74, 6) is -5.87. The fourth-order valence-corrected chi connectivity index (χ4v) is 2.04. The van der Waals surface area contributed by atoms with Crippen LogP contribution < -0.4 is 5.32 Å². The number of methoxy groups -OCH3 is 1. The molecule has 0 bridgehead atoms. The SMILES string of the molecule is COC(=O)[C@H](CCSC)NC(=O)c1ccc(F)c(F)c1F. The van der Waals surface area contributed by atoms with Gasteiger partial charge in [0, 0.05) is 0 Å². The number of carbonyl (C=O) groups excluding carboxylic acids is 2. The van der Waals surface area contributed by atoms with Gasteiger partial charge in [0.25, 0.3) is 5.91 Å². The number of esters is 1. The molecule has 0 saturated carbocycles. The summed E-state index contributed by atoms with van der Waals surface area (Å²) in [6.07, 6.45) is 2.08. The zero-order valence-corrected chi connectivity index (χ0v) is 12.2. The van der Waals surface area contributed by atoms with E-state index in [1.54, 1.807) is 0 Å². The molecule has 0 radical (unpaired) electrons. The molecule has 1 amide bonds. The molecule has 21 heavy (non-hydrogen) atoms. The van der Waals surface area contributed by atoms with E-state index in [-0.39, 0.29) is 6.42 Å². The third-order valence-corrected chi connectivity index (χ3v) is 3.33. The molecule has 1 rings (SSSR count). The summed E-state index contributed by atoms with van der Waals surface area (Å²) in [5, 5.41) is 2.25. The van der Waals surface area contributed by atoms with Crippen molar-refractivity contribution < 1.29 is 27.5 Å². The Hall–Kier alpha value is -1.70. The lowest BCUT2D eigenvalue weighted by Crippen LogP contribution is -2.42. The first-order valence-corrected chi connectivity index (χ1v) is 7.32. The van der Waals surface area contributed by atoms with Gasteiger partial charge in [-0.15, -0.1) is 0 Å². The van der Waals surface area contributed by atoms with Crippen molar-refractivity contribution >= 4 is 23.6 Å². The van der Waals surface area contributed by atoms with Gasteiger partial charge in [0.1, 0.15) is 6.04 Å². The lowest BCUT2D eigenvalue weighted by molar-refractivity contribution is -0.142. The minimum atomic E-state index is -1.73. The van der Waals surface area contributed by atoms with Crippen LogP contribution >= 0.6 is 11.8 Å². The van der Waals surface area contributed by atoms with Crippen molar-refractivity contribution in [2.45, 2.75) is 12.5 Å². The molecule has 1 aromatic carbocycles. The van der Waals surface area contributed by atoms with Gasteiger partial charge >= 0.3 is 5.97 Å². The van der Waals surface area contributed by atoms with E-state index < -0.39 is 40.9 Å². The fourth-order valence-electron chi connectivity index (χ4n) is 1.56. The molecule has 0 unspecified atom stereocenters. The van der Waals surface area contributed by atoms with E-state index >= 15 is 0 Å². The Kier molecular flexibility index (Phi) is 6.54. The van der Waals surface area contributed by atoms with Crippen LogP contribution in [-0.4, -0.2) is 37.0 Å². The number of hydrogen-bond donors (Lipinski definition) is 1. The van der Waals surface area contributed by atoms with Gasteiger partial charge in [0.05, 0.1) is 12.7 Å². The molecule has 0 aliphatic rings. The average molecular weight is 321 g/mol. The first-order valence-electron chi connectivity index (χ1n) is 5.93. The summed E-state index contributed by atoms with van der Waals surface area (Å²) < 4.78 is 43.9. The molecule has 0 aliphatic carbocycles. The van der Waals surface area contributed by atoms with Gasteiger partial charge in [-0.3, -0.25) is 4.79 Å². The first-order chi connectivity index (χ1) is 9.92. The Morgan fingerprint density at radius 3 is 2.52 bits per heavy atom. The van der Waals surface area contributed by atoms with Gasteiger partial charge < -0.3 is 10.1 Å². The van der Waals surface area contributed by atoms with Gasteiger partial charge in [-0.25, -0.2) is 18.0 Å². The molecule has 8 heteroatoms. The smallest absolute Gasteiger partial charge is 0.328 e. The number of hydrogen-bond acceptors (Lipinski definition) is 4. The van der Waals surface area contributed by atoms with E-state index in [0.717, 1.165) is 13.2 Å². The van der Waals surface area contributed by atoms with Crippen LogP contribution in [0.2, 0.25) is 0 Å². The maximum atomic E-state index is 13.5. The number of thioether (sulfide) groups is 1. The van der Waals surface area contributed by atoms with Crippen LogP contribution in [0.3, 0.4) is 0 Å².